The Kier molecular flexibility index (Phi) is 5.16. The van der Waals surface area contributed by atoms with Gasteiger partial charge in [0.1, 0.15) is 11.5 Å². The minimum Gasteiger partial charge on any atom is -0.503 e. The van der Waals surface area contributed by atoms with Crippen molar-refractivity contribution in [3.05, 3.63) is 71.4 Å². The number of amides is 1. The average Bonchev–Trinajstić information content (AvgIpc) is 3.22. The number of hydrogen-bond donors (Lipinski definition) is 1. The fraction of sp³-hybridized carbons (Fsp3) is 0.238. The van der Waals surface area contributed by atoms with Gasteiger partial charge in [0.05, 0.1) is 24.0 Å². The van der Waals surface area contributed by atoms with Crippen molar-refractivity contribution in [1.29, 1.82) is 0 Å². The second-order valence-corrected chi connectivity index (χ2v) is 6.53. The van der Waals surface area contributed by atoms with Gasteiger partial charge < -0.3 is 19.2 Å². The number of aliphatic hydroxyl groups excluding tert-OH is 1. The number of carbonyl (C=O) groups excluding carboxylic acids is 2. The third kappa shape index (κ3) is 3.79. The molecule has 6 nitrogen and oxygen atoms in total. The number of furan rings is 1. The number of aliphatic hydroxyl groups is 1. The lowest BCUT2D eigenvalue weighted by atomic mass is 9.96. The Bertz CT molecular complexity index is 908. The second-order valence-electron chi connectivity index (χ2n) is 6.53. The van der Waals surface area contributed by atoms with E-state index < -0.39 is 23.5 Å². The highest BCUT2D eigenvalue weighted by molar-refractivity contribution is 6.14. The van der Waals surface area contributed by atoms with Crippen LogP contribution in [0.5, 0.6) is 5.75 Å². The molecule has 0 aliphatic carbocycles. The summed E-state index contributed by atoms with van der Waals surface area (Å²) in [5, 5.41) is 10.3. The van der Waals surface area contributed by atoms with Gasteiger partial charge in [0.15, 0.2) is 11.5 Å². The van der Waals surface area contributed by atoms with Gasteiger partial charge in [-0.25, -0.2) is 0 Å². The van der Waals surface area contributed by atoms with Crippen molar-refractivity contribution in [3.63, 3.8) is 0 Å². The Morgan fingerprint density at radius 3 is 2.74 bits per heavy atom. The summed E-state index contributed by atoms with van der Waals surface area (Å²) in [5.74, 6) is -0.448. The van der Waals surface area contributed by atoms with Crippen molar-refractivity contribution in [2.75, 3.05) is 7.05 Å². The first-order valence-electron chi connectivity index (χ1n) is 8.61. The number of ether oxygens (including phenoxy) is 1. The summed E-state index contributed by atoms with van der Waals surface area (Å²) >= 11 is 0. The zero-order valence-corrected chi connectivity index (χ0v) is 15.4. The maximum absolute atomic E-state index is 12.7. The first-order valence-corrected chi connectivity index (χ1v) is 8.61. The van der Waals surface area contributed by atoms with Crippen LogP contribution in [0.4, 0.5) is 0 Å². The number of hydrogen-bond acceptors (Lipinski definition) is 5. The van der Waals surface area contributed by atoms with Crippen LogP contribution in [0.15, 0.2) is 64.5 Å². The van der Waals surface area contributed by atoms with Crippen LogP contribution in [-0.4, -0.2) is 34.8 Å². The zero-order valence-electron chi connectivity index (χ0n) is 15.4. The molecule has 1 unspecified atom stereocenters. The normalized spacial score (nSPS) is 17.4. The Morgan fingerprint density at radius 2 is 2.07 bits per heavy atom. The molecule has 1 aromatic carbocycles. The molecule has 1 aromatic heterocycles. The SMILES string of the molecule is CC(C)Oc1cccc(C2C(C(=O)/C=C/c3ccco3)=C(O)C(=O)N2C)c1. The van der Waals surface area contributed by atoms with Gasteiger partial charge in [-0.2, -0.15) is 0 Å². The maximum atomic E-state index is 12.7. The Morgan fingerprint density at radius 1 is 1.30 bits per heavy atom. The van der Waals surface area contributed by atoms with Crippen molar-refractivity contribution in [2.24, 2.45) is 0 Å². The molecule has 0 spiro atoms. The van der Waals surface area contributed by atoms with Crippen molar-refractivity contribution < 1.29 is 23.8 Å². The van der Waals surface area contributed by atoms with E-state index in [2.05, 4.69) is 0 Å². The van der Waals surface area contributed by atoms with Crippen LogP contribution in [0.3, 0.4) is 0 Å². The highest BCUT2D eigenvalue weighted by Gasteiger charge is 2.40. The number of benzene rings is 1. The lowest BCUT2D eigenvalue weighted by Crippen LogP contribution is -2.26. The van der Waals surface area contributed by atoms with Crippen LogP contribution in [0.25, 0.3) is 6.08 Å². The van der Waals surface area contributed by atoms with Crippen molar-refractivity contribution >= 4 is 17.8 Å². The molecule has 6 heteroatoms. The molecule has 1 aliphatic rings. The summed E-state index contributed by atoms with van der Waals surface area (Å²) in [4.78, 5) is 26.4. The third-order valence-electron chi connectivity index (χ3n) is 4.19. The first kappa shape index (κ1) is 18.5. The highest BCUT2D eigenvalue weighted by Crippen LogP contribution is 2.37. The molecule has 0 saturated carbocycles. The number of nitrogens with zero attached hydrogens (tertiary/aromatic N) is 1. The lowest BCUT2D eigenvalue weighted by Gasteiger charge is -2.23. The Balaban J connectivity index is 1.95. The van der Waals surface area contributed by atoms with E-state index in [1.807, 2.05) is 19.9 Å². The fourth-order valence-corrected chi connectivity index (χ4v) is 3.03. The number of rotatable bonds is 6. The Labute approximate surface area is 157 Å². The highest BCUT2D eigenvalue weighted by atomic mass is 16.5. The van der Waals surface area contributed by atoms with Gasteiger partial charge in [0.2, 0.25) is 0 Å². The number of carbonyl (C=O) groups is 2. The minimum atomic E-state index is -0.693. The quantitative estimate of drug-likeness (QED) is 0.788. The molecule has 2 aromatic rings. The smallest absolute Gasteiger partial charge is 0.289 e. The van der Waals surface area contributed by atoms with Crippen LogP contribution < -0.4 is 4.74 Å². The van der Waals surface area contributed by atoms with Crippen LogP contribution in [-0.2, 0) is 9.59 Å². The molecule has 0 fully saturated rings. The zero-order chi connectivity index (χ0) is 19.6. The summed E-state index contributed by atoms with van der Waals surface area (Å²) in [5.41, 5.74) is 0.717. The van der Waals surface area contributed by atoms with Gasteiger partial charge in [-0.1, -0.05) is 12.1 Å². The largest absolute Gasteiger partial charge is 0.503 e. The predicted octanol–water partition coefficient (Wildman–Crippen LogP) is 3.67. The van der Waals surface area contributed by atoms with Gasteiger partial charge in [-0.3, -0.25) is 9.59 Å². The molecule has 1 atom stereocenters. The predicted molar refractivity (Wildman–Crippen MR) is 100 cm³/mol. The summed E-state index contributed by atoms with van der Waals surface area (Å²) in [6.07, 6.45) is 4.28. The van der Waals surface area contributed by atoms with Crippen LogP contribution in [0.2, 0.25) is 0 Å². The molecular weight excluding hydrogens is 346 g/mol. The summed E-state index contributed by atoms with van der Waals surface area (Å²) < 4.78 is 10.9. The van der Waals surface area contributed by atoms with E-state index >= 15 is 0 Å². The van der Waals surface area contributed by atoms with E-state index in [1.54, 1.807) is 37.4 Å². The molecule has 1 amide bonds. The van der Waals surface area contributed by atoms with Crippen molar-refractivity contribution in [2.45, 2.75) is 26.0 Å². The topological polar surface area (TPSA) is 80.0 Å². The molecule has 2 heterocycles. The van der Waals surface area contributed by atoms with Crippen LogP contribution >= 0.6 is 0 Å². The van der Waals surface area contributed by atoms with Gasteiger partial charge in [0.25, 0.3) is 5.91 Å². The molecule has 0 saturated heterocycles. The molecule has 140 valence electrons. The van der Waals surface area contributed by atoms with Crippen LogP contribution in [0.1, 0.15) is 31.2 Å². The van der Waals surface area contributed by atoms with Gasteiger partial charge in [-0.15, -0.1) is 0 Å². The molecule has 27 heavy (non-hydrogen) atoms. The molecule has 3 rings (SSSR count). The van der Waals surface area contributed by atoms with Gasteiger partial charge in [0, 0.05) is 7.05 Å². The van der Waals surface area contributed by atoms with Crippen molar-refractivity contribution in [3.8, 4) is 5.75 Å². The summed E-state index contributed by atoms with van der Waals surface area (Å²) in [6, 6.07) is 9.89. The molecule has 1 N–H and O–H groups in total. The molecule has 0 bridgehead atoms. The van der Waals surface area contributed by atoms with E-state index in [9.17, 15) is 14.7 Å². The minimum absolute atomic E-state index is 0.00975. The fourth-order valence-electron chi connectivity index (χ4n) is 3.03. The summed E-state index contributed by atoms with van der Waals surface area (Å²) in [7, 11) is 1.55. The molecule has 1 aliphatic heterocycles. The molecule has 0 radical (unpaired) electrons. The van der Waals surface area contributed by atoms with E-state index in [-0.39, 0.29) is 11.7 Å². The Hall–Kier alpha value is -3.28. The molecular formula is C21H21NO5. The number of likely N-dealkylation sites (N-methyl/N-ethyl adjacent to an activating group) is 1. The first-order chi connectivity index (χ1) is 12.9. The van der Waals surface area contributed by atoms with E-state index in [1.165, 1.54) is 23.3 Å². The third-order valence-corrected chi connectivity index (χ3v) is 4.19. The van der Waals surface area contributed by atoms with Gasteiger partial charge >= 0.3 is 0 Å². The standard InChI is InChI=1S/C21H21NO5/c1-13(2)27-16-7-4-6-14(12-16)19-18(20(24)21(25)22(19)3)17(23)10-9-15-8-5-11-26-15/h4-13,19,24H,1-3H3/b10-9+. The number of allylic oxidation sites excluding steroid dienone is 1. The van der Waals surface area contributed by atoms with E-state index in [4.69, 9.17) is 9.15 Å². The van der Waals surface area contributed by atoms with E-state index in [0.717, 1.165) is 0 Å². The monoisotopic (exact) mass is 367 g/mol. The summed E-state index contributed by atoms with van der Waals surface area (Å²) in [6.45, 7) is 3.83. The average molecular weight is 367 g/mol. The van der Waals surface area contributed by atoms with Crippen molar-refractivity contribution in [1.82, 2.24) is 4.90 Å². The lowest BCUT2D eigenvalue weighted by molar-refractivity contribution is -0.128. The maximum Gasteiger partial charge on any atom is 0.289 e. The second kappa shape index (κ2) is 7.53. The van der Waals surface area contributed by atoms with E-state index in [0.29, 0.717) is 17.1 Å². The number of ketones is 1. The van der Waals surface area contributed by atoms with Crippen LogP contribution in [0, 0.1) is 0 Å². The van der Waals surface area contributed by atoms with Gasteiger partial charge in [-0.05, 0) is 55.8 Å².